The molecule has 0 radical (unpaired) electrons. The minimum Gasteiger partial charge on any atom is -0.493 e. The number of carbonyl (C=O) groups excluding carboxylic acids is 1. The molecular formula is C22H27N3O4. The predicted molar refractivity (Wildman–Crippen MR) is 108 cm³/mol. The van der Waals surface area contributed by atoms with Crippen LogP contribution in [-0.2, 0) is 11.2 Å². The van der Waals surface area contributed by atoms with Crippen LogP contribution in [0.5, 0.6) is 11.5 Å². The van der Waals surface area contributed by atoms with Crippen LogP contribution in [0.1, 0.15) is 48.9 Å². The highest BCUT2D eigenvalue weighted by Gasteiger charge is 2.30. The second-order valence-corrected chi connectivity index (χ2v) is 7.76. The van der Waals surface area contributed by atoms with Gasteiger partial charge < -0.3 is 18.9 Å². The number of carbonyl (C=O) groups is 1. The molecule has 1 atom stereocenters. The maximum absolute atomic E-state index is 12.7. The molecule has 0 spiro atoms. The summed E-state index contributed by atoms with van der Waals surface area (Å²) in [6.07, 6.45) is 8.57. The SMILES string of the molecule is COc1ccc(/C=C\C(=O)N2CCC[C@H](Cc3nc(C4CC4)no3)C2)cc1OC. The van der Waals surface area contributed by atoms with Gasteiger partial charge in [-0.05, 0) is 55.4 Å². The lowest BCUT2D eigenvalue weighted by Crippen LogP contribution is -2.39. The smallest absolute Gasteiger partial charge is 0.246 e. The molecule has 1 aliphatic carbocycles. The average molecular weight is 397 g/mol. The summed E-state index contributed by atoms with van der Waals surface area (Å²) in [6, 6.07) is 5.59. The number of hydrogen-bond donors (Lipinski definition) is 0. The predicted octanol–water partition coefficient (Wildman–Crippen LogP) is 3.46. The van der Waals surface area contributed by atoms with Gasteiger partial charge in [-0.2, -0.15) is 4.98 Å². The number of ether oxygens (including phenoxy) is 2. The van der Waals surface area contributed by atoms with Crippen LogP contribution >= 0.6 is 0 Å². The van der Waals surface area contributed by atoms with E-state index in [1.54, 1.807) is 20.3 Å². The number of hydrogen-bond acceptors (Lipinski definition) is 6. The van der Waals surface area contributed by atoms with Gasteiger partial charge in [0.25, 0.3) is 0 Å². The molecule has 1 aromatic carbocycles. The van der Waals surface area contributed by atoms with Gasteiger partial charge in [0, 0.05) is 31.5 Å². The highest BCUT2D eigenvalue weighted by atomic mass is 16.5. The van der Waals surface area contributed by atoms with Gasteiger partial charge in [0.15, 0.2) is 17.3 Å². The number of aromatic nitrogens is 2. The van der Waals surface area contributed by atoms with Crippen LogP contribution in [0.3, 0.4) is 0 Å². The summed E-state index contributed by atoms with van der Waals surface area (Å²) in [6.45, 7) is 1.50. The molecule has 0 unspecified atom stereocenters. The molecule has 2 aliphatic rings. The molecule has 1 aliphatic heterocycles. The van der Waals surface area contributed by atoms with Crippen LogP contribution in [0.25, 0.3) is 6.08 Å². The van der Waals surface area contributed by atoms with Gasteiger partial charge in [0.2, 0.25) is 11.8 Å². The quantitative estimate of drug-likeness (QED) is 0.666. The van der Waals surface area contributed by atoms with E-state index >= 15 is 0 Å². The number of rotatable bonds is 7. The maximum Gasteiger partial charge on any atom is 0.246 e. The third kappa shape index (κ3) is 4.78. The van der Waals surface area contributed by atoms with E-state index < -0.39 is 0 Å². The molecule has 1 saturated carbocycles. The number of piperidine rings is 1. The van der Waals surface area contributed by atoms with Crippen LogP contribution in [0.2, 0.25) is 0 Å². The maximum atomic E-state index is 12.7. The fourth-order valence-electron chi connectivity index (χ4n) is 3.77. The molecule has 29 heavy (non-hydrogen) atoms. The summed E-state index contributed by atoms with van der Waals surface area (Å²) in [5.74, 6) is 3.74. The highest BCUT2D eigenvalue weighted by molar-refractivity contribution is 5.92. The molecular weight excluding hydrogens is 370 g/mol. The average Bonchev–Trinajstić information content (AvgIpc) is 3.51. The lowest BCUT2D eigenvalue weighted by atomic mass is 9.94. The first-order valence-corrected chi connectivity index (χ1v) is 10.2. The Morgan fingerprint density at radius 1 is 1.24 bits per heavy atom. The molecule has 154 valence electrons. The first-order chi connectivity index (χ1) is 14.2. The molecule has 7 nitrogen and oxygen atoms in total. The fourth-order valence-corrected chi connectivity index (χ4v) is 3.77. The zero-order chi connectivity index (χ0) is 20.2. The van der Waals surface area contributed by atoms with Crippen LogP contribution in [-0.4, -0.2) is 48.3 Å². The van der Waals surface area contributed by atoms with E-state index in [2.05, 4.69) is 10.1 Å². The van der Waals surface area contributed by atoms with Crippen molar-refractivity contribution in [1.29, 1.82) is 0 Å². The van der Waals surface area contributed by atoms with Gasteiger partial charge in [0.05, 0.1) is 14.2 Å². The molecule has 1 amide bonds. The first kappa shape index (κ1) is 19.5. The molecule has 2 fully saturated rings. The van der Waals surface area contributed by atoms with E-state index in [0.29, 0.717) is 29.2 Å². The van der Waals surface area contributed by atoms with E-state index in [1.807, 2.05) is 29.2 Å². The molecule has 0 bridgehead atoms. The minimum absolute atomic E-state index is 0.0219. The Hall–Kier alpha value is -2.83. The summed E-state index contributed by atoms with van der Waals surface area (Å²) in [5, 5.41) is 4.09. The van der Waals surface area contributed by atoms with Crippen LogP contribution in [0.4, 0.5) is 0 Å². The Morgan fingerprint density at radius 3 is 2.83 bits per heavy atom. The van der Waals surface area contributed by atoms with Crippen molar-refractivity contribution in [2.45, 2.75) is 38.0 Å². The van der Waals surface area contributed by atoms with Crippen molar-refractivity contribution in [3.8, 4) is 11.5 Å². The monoisotopic (exact) mass is 397 g/mol. The number of nitrogens with zero attached hydrogens (tertiary/aromatic N) is 3. The van der Waals surface area contributed by atoms with Crippen molar-refractivity contribution < 1.29 is 18.8 Å². The van der Waals surface area contributed by atoms with E-state index in [0.717, 1.165) is 56.6 Å². The van der Waals surface area contributed by atoms with Crippen molar-refractivity contribution in [1.82, 2.24) is 15.0 Å². The molecule has 4 rings (SSSR count). The molecule has 1 saturated heterocycles. The number of likely N-dealkylation sites (tertiary alicyclic amines) is 1. The molecule has 7 heteroatoms. The van der Waals surface area contributed by atoms with Gasteiger partial charge in [-0.3, -0.25) is 4.79 Å². The zero-order valence-electron chi connectivity index (χ0n) is 17.0. The van der Waals surface area contributed by atoms with Crippen molar-refractivity contribution in [3.05, 3.63) is 41.6 Å². The second-order valence-electron chi connectivity index (χ2n) is 7.76. The second kappa shape index (κ2) is 8.68. The lowest BCUT2D eigenvalue weighted by Gasteiger charge is -2.31. The summed E-state index contributed by atoms with van der Waals surface area (Å²) in [5.41, 5.74) is 0.892. The van der Waals surface area contributed by atoms with Gasteiger partial charge in [-0.25, -0.2) is 0 Å². The van der Waals surface area contributed by atoms with Crippen LogP contribution < -0.4 is 9.47 Å². The Morgan fingerprint density at radius 2 is 2.07 bits per heavy atom. The summed E-state index contributed by atoms with van der Waals surface area (Å²) < 4.78 is 16.0. The van der Waals surface area contributed by atoms with Crippen molar-refractivity contribution in [2.75, 3.05) is 27.3 Å². The third-order valence-corrected chi connectivity index (χ3v) is 5.55. The Labute approximate surface area is 170 Å². The van der Waals surface area contributed by atoms with Crippen molar-refractivity contribution >= 4 is 12.0 Å². The molecule has 0 N–H and O–H groups in total. The van der Waals surface area contributed by atoms with Gasteiger partial charge >= 0.3 is 0 Å². The van der Waals surface area contributed by atoms with Gasteiger partial charge in [-0.15, -0.1) is 0 Å². The summed E-state index contributed by atoms with van der Waals surface area (Å²) in [4.78, 5) is 19.1. The molecule has 2 aromatic rings. The Balaban J connectivity index is 1.34. The van der Waals surface area contributed by atoms with Gasteiger partial charge in [-0.1, -0.05) is 11.2 Å². The Bertz CT molecular complexity index is 888. The number of amides is 1. The van der Waals surface area contributed by atoms with E-state index in [1.165, 1.54) is 0 Å². The third-order valence-electron chi connectivity index (χ3n) is 5.55. The van der Waals surface area contributed by atoms with Crippen LogP contribution in [0, 0.1) is 5.92 Å². The van der Waals surface area contributed by atoms with Gasteiger partial charge in [0.1, 0.15) is 0 Å². The first-order valence-electron chi connectivity index (χ1n) is 10.2. The van der Waals surface area contributed by atoms with E-state index in [9.17, 15) is 4.79 Å². The Kier molecular flexibility index (Phi) is 5.83. The van der Waals surface area contributed by atoms with Crippen LogP contribution in [0.15, 0.2) is 28.8 Å². The zero-order valence-corrected chi connectivity index (χ0v) is 17.0. The molecule has 1 aromatic heterocycles. The largest absolute Gasteiger partial charge is 0.493 e. The summed E-state index contributed by atoms with van der Waals surface area (Å²) in [7, 11) is 3.20. The minimum atomic E-state index is 0.0219. The fraction of sp³-hybridized carbons (Fsp3) is 0.500. The normalized spacial score (nSPS) is 19.5. The number of benzene rings is 1. The number of methoxy groups -OCH3 is 2. The van der Waals surface area contributed by atoms with Crippen molar-refractivity contribution in [3.63, 3.8) is 0 Å². The van der Waals surface area contributed by atoms with Crippen molar-refractivity contribution in [2.24, 2.45) is 5.92 Å². The molecule has 2 heterocycles. The topological polar surface area (TPSA) is 77.7 Å². The highest BCUT2D eigenvalue weighted by Crippen LogP contribution is 2.38. The van der Waals surface area contributed by atoms with E-state index in [-0.39, 0.29) is 5.91 Å². The standard InChI is InChI=1S/C22H27N3O4/c1-27-18-9-5-15(12-19(18)28-2)6-10-21(26)25-11-3-4-16(14-25)13-20-23-22(24-29-20)17-7-8-17/h5-6,9-10,12,16-17H,3-4,7-8,11,13-14H2,1-2H3/b10-6-/t16-/m1/s1. The summed E-state index contributed by atoms with van der Waals surface area (Å²) >= 11 is 0. The van der Waals surface area contributed by atoms with E-state index in [4.69, 9.17) is 14.0 Å². The lowest BCUT2D eigenvalue weighted by molar-refractivity contribution is -0.127.